The summed E-state index contributed by atoms with van der Waals surface area (Å²) in [7, 11) is -1.25. The smallest absolute Gasteiger partial charge is 0.408 e. The van der Waals surface area contributed by atoms with E-state index in [0.29, 0.717) is 12.8 Å². The molecule has 0 saturated carbocycles. The number of nitrogens with one attached hydrogen (secondary N) is 4. The number of carbonyl (C=O) groups excluding carboxylic acids is 4. The summed E-state index contributed by atoms with van der Waals surface area (Å²) in [5.41, 5.74) is 1.07. The van der Waals surface area contributed by atoms with Gasteiger partial charge in [-0.05, 0) is 63.0 Å². The Hall–Kier alpha value is -3.03. The number of benzene rings is 1. The van der Waals surface area contributed by atoms with Crippen LogP contribution in [0, 0.1) is 17.8 Å². The van der Waals surface area contributed by atoms with E-state index in [-0.39, 0.29) is 36.3 Å². The number of amides is 4. The van der Waals surface area contributed by atoms with E-state index >= 15 is 0 Å². The highest BCUT2D eigenvalue weighted by atomic mass is 32.2. The van der Waals surface area contributed by atoms with Gasteiger partial charge >= 0.3 is 6.09 Å². The van der Waals surface area contributed by atoms with Gasteiger partial charge in [-0.2, -0.15) is 0 Å². The lowest BCUT2D eigenvalue weighted by molar-refractivity contribution is -0.131. The normalized spacial score (nSPS) is 19.9. The monoisotopic (exact) mass is 680 g/mol. The molecule has 2 rings (SSSR count). The van der Waals surface area contributed by atoms with E-state index < -0.39 is 76.6 Å². The molecule has 1 aliphatic carbocycles. The van der Waals surface area contributed by atoms with Gasteiger partial charge in [0, 0.05) is 35.1 Å². The van der Waals surface area contributed by atoms with Crippen LogP contribution in [0.3, 0.4) is 0 Å². The maximum absolute atomic E-state index is 13.6. The molecular formula is C34H56N4O8S. The van der Waals surface area contributed by atoms with E-state index in [4.69, 9.17) is 4.74 Å². The average molecular weight is 681 g/mol. The zero-order valence-electron chi connectivity index (χ0n) is 29.3. The van der Waals surface area contributed by atoms with Gasteiger partial charge in [-0.1, -0.05) is 58.9 Å². The molecule has 0 fully saturated rings. The number of alkyl carbamates (subject to hydrolysis) is 1. The number of ether oxygens (including phenoxy) is 1. The third kappa shape index (κ3) is 13.2. The molecule has 0 radical (unpaired) electrons. The van der Waals surface area contributed by atoms with Crippen LogP contribution < -0.4 is 21.3 Å². The Morgan fingerprint density at radius 2 is 1.60 bits per heavy atom. The third-order valence-electron chi connectivity index (χ3n) is 8.01. The van der Waals surface area contributed by atoms with E-state index in [9.17, 15) is 33.6 Å². The molecule has 4 amide bonds. The molecule has 1 aromatic rings. The molecule has 0 bridgehead atoms. The summed E-state index contributed by atoms with van der Waals surface area (Å²) >= 11 is 0. The molecule has 1 aromatic carbocycles. The summed E-state index contributed by atoms with van der Waals surface area (Å²) in [6.45, 7) is 14.2. The van der Waals surface area contributed by atoms with E-state index in [1.54, 1.807) is 41.5 Å². The van der Waals surface area contributed by atoms with Crippen molar-refractivity contribution >= 4 is 34.6 Å². The Morgan fingerprint density at radius 3 is 2.17 bits per heavy atom. The summed E-state index contributed by atoms with van der Waals surface area (Å²) in [5.74, 6) is -2.27. The molecular weight excluding hydrogens is 624 g/mol. The van der Waals surface area contributed by atoms with Crippen molar-refractivity contribution < 1.29 is 38.3 Å². The minimum Gasteiger partial charge on any atom is -0.444 e. The number of aliphatic hydroxyl groups excluding tert-OH is 2. The number of aliphatic hydroxyl groups is 2. The van der Waals surface area contributed by atoms with Crippen LogP contribution in [0.25, 0.3) is 0 Å². The van der Waals surface area contributed by atoms with Crippen LogP contribution in [0.4, 0.5) is 4.79 Å². The maximum atomic E-state index is 13.6. The SMILES string of the molecule is CC(C)C[C@H](NC(=O)[C@H](CCS(C)=O)NC(=O)[C@@H](NC(=O)OC(C)(C)C)C(C)C)[C@@H](O)C[C@@H](C)C(=O)N[C@H]1c2ccccc2C[C@H]1O. The largest absolute Gasteiger partial charge is 0.444 e. The highest BCUT2D eigenvalue weighted by molar-refractivity contribution is 7.84. The highest BCUT2D eigenvalue weighted by Crippen LogP contribution is 2.31. The molecule has 0 heterocycles. The van der Waals surface area contributed by atoms with Crippen LogP contribution in [0.5, 0.6) is 0 Å². The van der Waals surface area contributed by atoms with Gasteiger partial charge in [0.1, 0.15) is 17.7 Å². The Bertz CT molecular complexity index is 1250. The molecule has 47 heavy (non-hydrogen) atoms. The predicted octanol–water partition coefficient (Wildman–Crippen LogP) is 2.48. The van der Waals surface area contributed by atoms with Gasteiger partial charge in [-0.25, -0.2) is 4.79 Å². The summed E-state index contributed by atoms with van der Waals surface area (Å²) in [5, 5.41) is 32.9. The van der Waals surface area contributed by atoms with E-state index in [1.165, 1.54) is 6.26 Å². The van der Waals surface area contributed by atoms with Crippen molar-refractivity contribution in [3.8, 4) is 0 Å². The van der Waals surface area contributed by atoms with Crippen LogP contribution in [0.2, 0.25) is 0 Å². The first-order valence-electron chi connectivity index (χ1n) is 16.4. The Kier molecular flexibility index (Phi) is 15.3. The standard InChI is InChI=1S/C34H56N4O8S/c1-19(2)16-25(26(39)17-21(5)30(41)37-29-23-13-11-10-12-22(23)18-27(29)40)36-31(42)24(14-15-47(9)45)35-32(43)28(20(3)4)38-33(44)46-34(6,7)8/h10-13,19-21,24-29,39-40H,14-18H2,1-9H3,(H,35,43)(H,36,42)(H,37,41)(H,38,44)/t21-,24+,25+,26+,27-,28+,29+,47?/m1/s1. The molecule has 0 saturated heterocycles. The summed E-state index contributed by atoms with van der Waals surface area (Å²) in [4.78, 5) is 52.6. The van der Waals surface area contributed by atoms with Gasteiger partial charge in [0.2, 0.25) is 17.7 Å². The average Bonchev–Trinajstić information content (AvgIpc) is 3.26. The first-order valence-corrected chi connectivity index (χ1v) is 18.2. The van der Waals surface area contributed by atoms with Crippen LogP contribution in [0.1, 0.15) is 91.8 Å². The molecule has 0 spiro atoms. The quantitative estimate of drug-likeness (QED) is 0.154. The summed E-state index contributed by atoms with van der Waals surface area (Å²) < 4.78 is 17.3. The van der Waals surface area contributed by atoms with Crippen molar-refractivity contribution in [1.29, 1.82) is 0 Å². The van der Waals surface area contributed by atoms with Crippen molar-refractivity contribution in [3.63, 3.8) is 0 Å². The fraction of sp³-hybridized carbons (Fsp3) is 0.706. The lowest BCUT2D eigenvalue weighted by Crippen LogP contribution is -2.58. The fourth-order valence-corrected chi connectivity index (χ4v) is 6.13. The van der Waals surface area contributed by atoms with Crippen LogP contribution >= 0.6 is 0 Å². The third-order valence-corrected chi connectivity index (χ3v) is 8.82. The molecule has 8 atom stereocenters. The van der Waals surface area contributed by atoms with Gasteiger partial charge in [0.25, 0.3) is 0 Å². The molecule has 13 heteroatoms. The number of fused-ring (bicyclic) bond motifs is 1. The zero-order chi connectivity index (χ0) is 35.6. The fourth-order valence-electron chi connectivity index (χ4n) is 5.56. The summed E-state index contributed by atoms with van der Waals surface area (Å²) in [6, 6.07) is 4.15. The molecule has 0 aliphatic heterocycles. The Morgan fingerprint density at radius 1 is 0.957 bits per heavy atom. The minimum absolute atomic E-state index is 0.0409. The molecule has 266 valence electrons. The van der Waals surface area contributed by atoms with Gasteiger partial charge in [0.15, 0.2) is 0 Å². The molecule has 12 nitrogen and oxygen atoms in total. The van der Waals surface area contributed by atoms with E-state index in [1.807, 2.05) is 38.1 Å². The van der Waals surface area contributed by atoms with E-state index in [2.05, 4.69) is 21.3 Å². The first kappa shape index (κ1) is 40.1. The van der Waals surface area contributed by atoms with Crippen molar-refractivity contribution in [2.24, 2.45) is 17.8 Å². The maximum Gasteiger partial charge on any atom is 0.408 e. The van der Waals surface area contributed by atoms with Crippen molar-refractivity contribution in [3.05, 3.63) is 35.4 Å². The minimum atomic E-state index is -1.25. The Balaban J connectivity index is 2.14. The Labute approximate surface area is 282 Å². The zero-order valence-corrected chi connectivity index (χ0v) is 30.1. The summed E-state index contributed by atoms with van der Waals surface area (Å²) in [6.07, 6.45) is -0.182. The first-order chi connectivity index (χ1) is 21.8. The van der Waals surface area contributed by atoms with Crippen molar-refractivity contribution in [2.75, 3.05) is 12.0 Å². The van der Waals surface area contributed by atoms with Crippen molar-refractivity contribution in [2.45, 2.75) is 123 Å². The van der Waals surface area contributed by atoms with Gasteiger partial charge < -0.3 is 36.2 Å². The predicted molar refractivity (Wildman–Crippen MR) is 182 cm³/mol. The molecule has 1 unspecified atom stereocenters. The van der Waals surface area contributed by atoms with Gasteiger partial charge in [0.05, 0.1) is 24.3 Å². The topological polar surface area (TPSA) is 183 Å². The van der Waals surface area contributed by atoms with Crippen LogP contribution in [-0.4, -0.2) is 86.2 Å². The highest BCUT2D eigenvalue weighted by Gasteiger charge is 2.35. The number of rotatable bonds is 16. The molecule has 0 aromatic heterocycles. The number of hydrogen-bond donors (Lipinski definition) is 6. The molecule has 6 N–H and O–H groups in total. The lowest BCUT2D eigenvalue weighted by Gasteiger charge is -2.31. The second-order valence-electron chi connectivity index (χ2n) is 14.4. The number of carbonyl (C=O) groups is 4. The second-order valence-corrected chi connectivity index (χ2v) is 16.0. The van der Waals surface area contributed by atoms with Crippen molar-refractivity contribution in [1.82, 2.24) is 21.3 Å². The van der Waals surface area contributed by atoms with Gasteiger partial charge in [-0.3, -0.25) is 18.6 Å². The number of hydrogen-bond acceptors (Lipinski definition) is 8. The lowest BCUT2D eigenvalue weighted by atomic mass is 9.92. The van der Waals surface area contributed by atoms with Gasteiger partial charge in [-0.15, -0.1) is 0 Å². The van der Waals surface area contributed by atoms with E-state index in [0.717, 1.165) is 11.1 Å². The second kappa shape index (κ2) is 17.9. The molecule has 1 aliphatic rings. The van der Waals surface area contributed by atoms with Crippen LogP contribution in [-0.2, 0) is 36.3 Å². The van der Waals surface area contributed by atoms with Crippen LogP contribution in [0.15, 0.2) is 24.3 Å².